The number of rotatable bonds is 3. The first-order valence-electron chi connectivity index (χ1n) is 4.34. The van der Waals surface area contributed by atoms with Crippen molar-refractivity contribution >= 4 is 23.4 Å². The third kappa shape index (κ3) is 3.51. The second-order valence-corrected chi connectivity index (χ2v) is 4.35. The fourth-order valence-corrected chi connectivity index (χ4v) is 1.85. The highest BCUT2D eigenvalue weighted by Gasteiger charge is 2.02. The highest BCUT2D eigenvalue weighted by molar-refractivity contribution is 7.99. The maximum Gasteiger partial charge on any atom is 0.149 e. The summed E-state index contributed by atoms with van der Waals surface area (Å²) in [6, 6.07) is 10.8. The Bertz CT molecular complexity index is 463. The van der Waals surface area contributed by atoms with E-state index in [-0.39, 0.29) is 5.57 Å². The lowest BCUT2D eigenvalue weighted by Gasteiger charge is -2.01. The molecule has 0 fully saturated rings. The second kappa shape index (κ2) is 6.07. The average Bonchev–Trinajstić information content (AvgIpc) is 2.30. The van der Waals surface area contributed by atoms with E-state index in [1.54, 1.807) is 24.3 Å². The lowest BCUT2D eigenvalue weighted by molar-refractivity contribution is 1.28. The SMILES string of the molecule is N#CC(C#N)=C(N)CSc1ccc(Cl)cc1. The normalized spacial score (nSPS) is 8.94. The topological polar surface area (TPSA) is 73.6 Å². The van der Waals surface area contributed by atoms with Gasteiger partial charge in [0.2, 0.25) is 0 Å². The van der Waals surface area contributed by atoms with Crippen LogP contribution < -0.4 is 5.73 Å². The van der Waals surface area contributed by atoms with Gasteiger partial charge in [-0.1, -0.05) is 11.6 Å². The number of nitrogens with zero attached hydrogens (tertiary/aromatic N) is 2. The van der Waals surface area contributed by atoms with Crippen molar-refractivity contribution < 1.29 is 0 Å². The molecule has 0 aliphatic heterocycles. The standard InChI is InChI=1S/C11H8ClN3S/c12-9-1-3-10(4-2-9)16-7-11(15)8(5-13)6-14/h1-4H,7,15H2. The van der Waals surface area contributed by atoms with Crippen molar-refractivity contribution in [3.8, 4) is 12.1 Å². The average molecular weight is 250 g/mol. The van der Waals surface area contributed by atoms with Gasteiger partial charge in [0, 0.05) is 21.4 Å². The van der Waals surface area contributed by atoms with Crippen molar-refractivity contribution in [2.75, 3.05) is 5.75 Å². The van der Waals surface area contributed by atoms with E-state index < -0.39 is 0 Å². The molecule has 1 rings (SSSR count). The monoisotopic (exact) mass is 249 g/mol. The largest absolute Gasteiger partial charge is 0.400 e. The van der Waals surface area contributed by atoms with Gasteiger partial charge in [-0.15, -0.1) is 11.8 Å². The summed E-state index contributed by atoms with van der Waals surface area (Å²) in [7, 11) is 0. The Hall–Kier alpha value is -1.62. The van der Waals surface area contributed by atoms with E-state index in [2.05, 4.69) is 0 Å². The fraction of sp³-hybridized carbons (Fsp3) is 0.0909. The van der Waals surface area contributed by atoms with Crippen LogP contribution in [0.15, 0.2) is 40.4 Å². The second-order valence-electron chi connectivity index (χ2n) is 2.87. The van der Waals surface area contributed by atoms with E-state index in [1.165, 1.54) is 11.8 Å². The number of nitriles is 2. The molecular formula is C11H8ClN3S. The zero-order chi connectivity index (χ0) is 12.0. The Morgan fingerprint density at radius 2 is 1.81 bits per heavy atom. The van der Waals surface area contributed by atoms with E-state index in [4.69, 9.17) is 27.9 Å². The lowest BCUT2D eigenvalue weighted by Crippen LogP contribution is -2.03. The zero-order valence-corrected chi connectivity index (χ0v) is 9.85. The minimum Gasteiger partial charge on any atom is -0.400 e. The summed E-state index contributed by atoms with van der Waals surface area (Å²) in [5.74, 6) is 0.415. The highest BCUT2D eigenvalue weighted by atomic mass is 35.5. The van der Waals surface area contributed by atoms with Crippen LogP contribution in [-0.2, 0) is 0 Å². The first-order valence-corrected chi connectivity index (χ1v) is 5.71. The van der Waals surface area contributed by atoms with Crippen molar-refractivity contribution in [3.63, 3.8) is 0 Å². The van der Waals surface area contributed by atoms with Crippen LogP contribution in [0.5, 0.6) is 0 Å². The van der Waals surface area contributed by atoms with Crippen molar-refractivity contribution in [2.45, 2.75) is 4.90 Å². The molecule has 0 unspecified atom stereocenters. The molecular weight excluding hydrogens is 242 g/mol. The molecule has 16 heavy (non-hydrogen) atoms. The van der Waals surface area contributed by atoms with E-state index >= 15 is 0 Å². The van der Waals surface area contributed by atoms with Gasteiger partial charge < -0.3 is 5.73 Å². The summed E-state index contributed by atoms with van der Waals surface area (Å²) < 4.78 is 0. The van der Waals surface area contributed by atoms with E-state index in [0.29, 0.717) is 16.5 Å². The Morgan fingerprint density at radius 3 is 2.31 bits per heavy atom. The molecule has 1 aromatic carbocycles. The molecule has 0 aliphatic rings. The summed E-state index contributed by atoms with van der Waals surface area (Å²) in [5, 5.41) is 17.9. The number of hydrogen-bond donors (Lipinski definition) is 1. The molecule has 2 N–H and O–H groups in total. The number of benzene rings is 1. The van der Waals surface area contributed by atoms with Crippen LogP contribution in [-0.4, -0.2) is 5.75 Å². The van der Waals surface area contributed by atoms with Crippen molar-refractivity contribution in [1.29, 1.82) is 10.5 Å². The molecule has 80 valence electrons. The molecule has 1 aromatic rings. The molecule has 0 bridgehead atoms. The molecule has 0 saturated heterocycles. The van der Waals surface area contributed by atoms with Crippen molar-refractivity contribution in [3.05, 3.63) is 40.6 Å². The number of nitrogens with two attached hydrogens (primary N) is 1. The molecule has 0 saturated carbocycles. The molecule has 0 atom stereocenters. The zero-order valence-electron chi connectivity index (χ0n) is 8.27. The maximum absolute atomic E-state index is 8.59. The molecule has 0 aromatic heterocycles. The van der Waals surface area contributed by atoms with Gasteiger partial charge in [-0.3, -0.25) is 0 Å². The highest BCUT2D eigenvalue weighted by Crippen LogP contribution is 2.21. The Balaban J connectivity index is 2.66. The molecule has 5 heteroatoms. The molecule has 0 heterocycles. The van der Waals surface area contributed by atoms with Crippen LogP contribution in [0, 0.1) is 22.7 Å². The Kier molecular flexibility index (Phi) is 4.72. The van der Waals surface area contributed by atoms with Gasteiger partial charge in [0.1, 0.15) is 17.7 Å². The van der Waals surface area contributed by atoms with Crippen LogP contribution in [0.4, 0.5) is 0 Å². The van der Waals surface area contributed by atoms with Gasteiger partial charge in [-0.25, -0.2) is 0 Å². The first kappa shape index (κ1) is 12.4. The molecule has 0 spiro atoms. The Morgan fingerprint density at radius 1 is 1.25 bits per heavy atom. The quantitative estimate of drug-likeness (QED) is 0.660. The number of thioether (sulfide) groups is 1. The third-order valence-electron chi connectivity index (χ3n) is 1.75. The molecule has 3 nitrogen and oxygen atoms in total. The summed E-state index contributed by atoms with van der Waals surface area (Å²) in [5.41, 5.74) is 5.87. The minimum absolute atomic E-state index is 0.0264. The van der Waals surface area contributed by atoms with Crippen molar-refractivity contribution in [1.82, 2.24) is 0 Å². The van der Waals surface area contributed by atoms with Crippen LogP contribution >= 0.6 is 23.4 Å². The lowest BCUT2D eigenvalue weighted by atomic mass is 10.3. The van der Waals surface area contributed by atoms with E-state index in [1.807, 2.05) is 12.1 Å². The third-order valence-corrected chi connectivity index (χ3v) is 3.07. The van der Waals surface area contributed by atoms with Crippen molar-refractivity contribution in [2.24, 2.45) is 5.73 Å². The summed E-state index contributed by atoms with van der Waals surface area (Å²) in [6.07, 6.45) is 0. The van der Waals surface area contributed by atoms with Crippen LogP contribution in [0.1, 0.15) is 0 Å². The van der Waals surface area contributed by atoms with Crippen LogP contribution in [0.3, 0.4) is 0 Å². The van der Waals surface area contributed by atoms with Gasteiger partial charge in [0.25, 0.3) is 0 Å². The van der Waals surface area contributed by atoms with Crippen LogP contribution in [0.25, 0.3) is 0 Å². The van der Waals surface area contributed by atoms with E-state index in [0.717, 1.165) is 4.90 Å². The summed E-state index contributed by atoms with van der Waals surface area (Å²) >= 11 is 7.19. The summed E-state index contributed by atoms with van der Waals surface area (Å²) in [4.78, 5) is 0.988. The molecule has 0 aliphatic carbocycles. The molecule has 0 amide bonds. The minimum atomic E-state index is -0.0264. The maximum atomic E-state index is 8.59. The van der Waals surface area contributed by atoms with Gasteiger partial charge >= 0.3 is 0 Å². The number of halogens is 1. The van der Waals surface area contributed by atoms with Gasteiger partial charge in [0.05, 0.1) is 0 Å². The smallest absolute Gasteiger partial charge is 0.149 e. The van der Waals surface area contributed by atoms with E-state index in [9.17, 15) is 0 Å². The molecule has 0 radical (unpaired) electrons. The predicted molar refractivity (Wildman–Crippen MR) is 64.6 cm³/mol. The summed E-state index contributed by atoms with van der Waals surface area (Å²) in [6.45, 7) is 0. The van der Waals surface area contributed by atoms with Crippen LogP contribution in [0.2, 0.25) is 5.02 Å². The van der Waals surface area contributed by atoms with Gasteiger partial charge in [0.15, 0.2) is 0 Å². The predicted octanol–water partition coefficient (Wildman–Crippen LogP) is 2.69. The fourth-order valence-electron chi connectivity index (χ4n) is 0.933. The van der Waals surface area contributed by atoms with Gasteiger partial charge in [-0.05, 0) is 24.3 Å². The number of allylic oxidation sites excluding steroid dienone is 1. The first-order chi connectivity index (χ1) is 7.67. The number of hydrogen-bond acceptors (Lipinski definition) is 4. The Labute approximate surface area is 103 Å². The van der Waals surface area contributed by atoms with Gasteiger partial charge in [-0.2, -0.15) is 10.5 Å².